The fourth-order valence-electron chi connectivity index (χ4n) is 2.63. The summed E-state index contributed by atoms with van der Waals surface area (Å²) in [6, 6.07) is 12.8. The van der Waals surface area contributed by atoms with Crippen LogP contribution in [0.1, 0.15) is 5.69 Å². The number of pyridine rings is 1. The van der Waals surface area contributed by atoms with Crippen LogP contribution in [0.2, 0.25) is 0 Å². The first-order chi connectivity index (χ1) is 12.2. The van der Waals surface area contributed by atoms with E-state index in [1.165, 1.54) is 7.11 Å². The normalized spacial score (nSPS) is 12.2. The Morgan fingerprint density at radius 2 is 2.08 bits per heavy atom. The number of aromatic nitrogens is 3. The summed E-state index contributed by atoms with van der Waals surface area (Å²) in [4.78, 5) is 21.1. The van der Waals surface area contributed by atoms with Crippen molar-refractivity contribution in [1.82, 2.24) is 14.5 Å². The van der Waals surface area contributed by atoms with Gasteiger partial charge in [-0.25, -0.2) is 4.98 Å². The van der Waals surface area contributed by atoms with E-state index in [4.69, 9.17) is 10.5 Å². The Labute approximate surface area is 145 Å². The second kappa shape index (κ2) is 7.87. The third kappa shape index (κ3) is 4.01. The molecule has 0 fully saturated rings. The van der Waals surface area contributed by atoms with E-state index in [9.17, 15) is 4.79 Å². The number of nitrogens with zero attached hydrogens (tertiary/aromatic N) is 3. The van der Waals surface area contributed by atoms with Crippen molar-refractivity contribution in [2.75, 3.05) is 19.0 Å². The highest BCUT2D eigenvalue weighted by Gasteiger charge is 2.18. The van der Waals surface area contributed by atoms with Gasteiger partial charge in [0, 0.05) is 32.0 Å². The van der Waals surface area contributed by atoms with Crippen LogP contribution in [-0.2, 0) is 22.5 Å². The second-order valence-electron chi connectivity index (χ2n) is 5.70. The van der Waals surface area contributed by atoms with Gasteiger partial charge in [-0.3, -0.25) is 15.1 Å². The first-order valence-electron chi connectivity index (χ1n) is 8.09. The van der Waals surface area contributed by atoms with Gasteiger partial charge in [0.2, 0.25) is 11.9 Å². The molecule has 130 valence electrons. The van der Waals surface area contributed by atoms with Gasteiger partial charge >= 0.3 is 0 Å². The van der Waals surface area contributed by atoms with E-state index >= 15 is 0 Å². The molecule has 0 bridgehead atoms. The van der Waals surface area contributed by atoms with Crippen LogP contribution in [0.3, 0.4) is 0 Å². The minimum Gasteiger partial charge on any atom is -0.383 e. The summed E-state index contributed by atoms with van der Waals surface area (Å²) in [6.07, 6.45) is 2.50. The van der Waals surface area contributed by atoms with Crippen LogP contribution in [-0.4, -0.2) is 40.2 Å². The molecule has 1 unspecified atom stereocenters. The van der Waals surface area contributed by atoms with E-state index < -0.39 is 6.04 Å². The smallest absolute Gasteiger partial charge is 0.245 e. The number of carbonyl (C=O) groups is 1. The Bertz CT molecular complexity index is 847. The van der Waals surface area contributed by atoms with Gasteiger partial charge in [0.15, 0.2) is 0 Å². The summed E-state index contributed by atoms with van der Waals surface area (Å²) in [6.45, 7) is 0.798. The Balaban J connectivity index is 1.85. The number of amides is 1. The molecule has 2 aromatic heterocycles. The van der Waals surface area contributed by atoms with Crippen LogP contribution in [0.25, 0.3) is 11.0 Å². The van der Waals surface area contributed by atoms with E-state index in [0.717, 1.165) is 23.1 Å². The number of nitrogens with two attached hydrogens (primary N) is 1. The van der Waals surface area contributed by atoms with E-state index in [0.29, 0.717) is 12.5 Å². The minimum atomic E-state index is -0.742. The van der Waals surface area contributed by atoms with Crippen molar-refractivity contribution in [2.24, 2.45) is 5.73 Å². The third-order valence-corrected chi connectivity index (χ3v) is 3.89. The lowest BCUT2D eigenvalue weighted by Crippen LogP contribution is -2.39. The van der Waals surface area contributed by atoms with Crippen molar-refractivity contribution in [3.63, 3.8) is 0 Å². The number of para-hydroxylation sites is 2. The molecule has 7 heteroatoms. The summed E-state index contributed by atoms with van der Waals surface area (Å²) in [5, 5.41) is 2.81. The summed E-state index contributed by atoms with van der Waals surface area (Å²) in [5.74, 6) is 0.157. The average Bonchev–Trinajstić information content (AvgIpc) is 2.98. The molecule has 1 atom stereocenters. The quantitative estimate of drug-likeness (QED) is 0.681. The Kier molecular flexibility index (Phi) is 5.37. The maximum Gasteiger partial charge on any atom is 0.245 e. The number of anilines is 1. The molecule has 1 amide bonds. The summed E-state index contributed by atoms with van der Waals surface area (Å²) >= 11 is 0. The van der Waals surface area contributed by atoms with E-state index in [-0.39, 0.29) is 12.5 Å². The molecule has 2 heterocycles. The number of benzene rings is 1. The number of rotatable bonds is 7. The topological polar surface area (TPSA) is 95.1 Å². The van der Waals surface area contributed by atoms with Gasteiger partial charge in [-0.1, -0.05) is 18.2 Å². The number of methoxy groups -OCH3 is 1. The summed E-state index contributed by atoms with van der Waals surface area (Å²) in [5.41, 5.74) is 8.55. The van der Waals surface area contributed by atoms with E-state index in [1.54, 1.807) is 6.20 Å². The first kappa shape index (κ1) is 17.1. The molecular formula is C18H21N5O2. The number of ether oxygens (including phenoxy) is 1. The number of hydrogen-bond donors (Lipinski definition) is 2. The molecule has 0 saturated carbocycles. The summed E-state index contributed by atoms with van der Waals surface area (Å²) in [7, 11) is 1.51. The molecule has 3 N–H and O–H groups in total. The molecule has 0 aliphatic carbocycles. The van der Waals surface area contributed by atoms with Crippen LogP contribution in [0.4, 0.5) is 5.95 Å². The standard InChI is InChI=1S/C18H21N5O2/c1-25-12-14(19)17(24)22-18-21-15-7-2-3-8-16(15)23(18)11-9-13-6-4-5-10-20-13/h2-8,10,14H,9,11-12,19H2,1H3,(H,21,22,24). The van der Waals surface area contributed by atoms with Crippen LogP contribution in [0.15, 0.2) is 48.7 Å². The van der Waals surface area contributed by atoms with Crippen LogP contribution in [0.5, 0.6) is 0 Å². The van der Waals surface area contributed by atoms with Crippen LogP contribution in [0, 0.1) is 0 Å². The maximum absolute atomic E-state index is 12.2. The zero-order valence-corrected chi connectivity index (χ0v) is 14.1. The fourth-order valence-corrected chi connectivity index (χ4v) is 2.63. The molecule has 0 aliphatic rings. The monoisotopic (exact) mass is 339 g/mol. The van der Waals surface area contributed by atoms with Gasteiger partial charge in [-0.2, -0.15) is 0 Å². The highest BCUT2D eigenvalue weighted by Crippen LogP contribution is 2.20. The molecule has 3 aromatic rings. The van der Waals surface area contributed by atoms with Gasteiger partial charge in [0.25, 0.3) is 0 Å². The zero-order chi connectivity index (χ0) is 17.6. The molecule has 0 spiro atoms. The first-order valence-corrected chi connectivity index (χ1v) is 8.09. The van der Waals surface area contributed by atoms with Crippen molar-refractivity contribution >= 4 is 22.9 Å². The van der Waals surface area contributed by atoms with Crippen LogP contribution >= 0.6 is 0 Å². The zero-order valence-electron chi connectivity index (χ0n) is 14.1. The molecule has 1 aromatic carbocycles. The van der Waals surface area contributed by atoms with E-state index in [2.05, 4.69) is 15.3 Å². The van der Waals surface area contributed by atoms with Crippen molar-refractivity contribution in [3.05, 3.63) is 54.4 Å². The molecule has 0 aliphatic heterocycles. The highest BCUT2D eigenvalue weighted by molar-refractivity contribution is 5.95. The fraction of sp³-hybridized carbons (Fsp3) is 0.278. The Hall–Kier alpha value is -2.77. The molecule has 3 rings (SSSR count). The molecule has 25 heavy (non-hydrogen) atoms. The minimum absolute atomic E-state index is 0.153. The second-order valence-corrected chi connectivity index (χ2v) is 5.70. The van der Waals surface area contributed by atoms with Crippen molar-refractivity contribution in [2.45, 2.75) is 19.0 Å². The third-order valence-electron chi connectivity index (χ3n) is 3.89. The number of nitrogens with one attached hydrogen (secondary N) is 1. The molecule has 0 saturated heterocycles. The van der Waals surface area contributed by atoms with Gasteiger partial charge in [-0.05, 0) is 24.3 Å². The van der Waals surface area contributed by atoms with Crippen molar-refractivity contribution in [3.8, 4) is 0 Å². The predicted molar refractivity (Wildman–Crippen MR) is 96.2 cm³/mol. The number of hydrogen-bond acceptors (Lipinski definition) is 5. The molecular weight excluding hydrogens is 318 g/mol. The number of imidazole rings is 1. The SMILES string of the molecule is COCC(N)C(=O)Nc1nc2ccccc2n1CCc1ccccn1. The van der Waals surface area contributed by atoms with Crippen molar-refractivity contribution < 1.29 is 9.53 Å². The van der Waals surface area contributed by atoms with Gasteiger partial charge in [0.1, 0.15) is 6.04 Å². The van der Waals surface area contributed by atoms with Crippen LogP contribution < -0.4 is 11.1 Å². The number of carbonyl (C=O) groups excluding carboxylic acids is 1. The number of aryl methyl sites for hydroxylation is 2. The predicted octanol–water partition coefficient (Wildman–Crippen LogP) is 1.59. The van der Waals surface area contributed by atoms with Gasteiger partial charge in [0.05, 0.1) is 17.6 Å². The van der Waals surface area contributed by atoms with Gasteiger partial charge in [-0.15, -0.1) is 0 Å². The maximum atomic E-state index is 12.2. The van der Waals surface area contributed by atoms with Gasteiger partial charge < -0.3 is 15.0 Å². The summed E-state index contributed by atoms with van der Waals surface area (Å²) < 4.78 is 6.91. The molecule has 0 radical (unpaired) electrons. The highest BCUT2D eigenvalue weighted by atomic mass is 16.5. The lowest BCUT2D eigenvalue weighted by molar-refractivity contribution is -0.118. The number of fused-ring (bicyclic) bond motifs is 1. The Morgan fingerprint density at radius 1 is 1.28 bits per heavy atom. The average molecular weight is 339 g/mol. The molecule has 7 nitrogen and oxygen atoms in total. The lowest BCUT2D eigenvalue weighted by atomic mass is 10.2. The van der Waals surface area contributed by atoms with Crippen molar-refractivity contribution in [1.29, 1.82) is 0 Å². The lowest BCUT2D eigenvalue weighted by Gasteiger charge is -2.13. The van der Waals surface area contributed by atoms with E-state index in [1.807, 2.05) is 47.0 Å². The Morgan fingerprint density at radius 3 is 2.84 bits per heavy atom. The largest absolute Gasteiger partial charge is 0.383 e.